The molecule has 0 spiro atoms. The molecule has 2 aliphatic rings. The molecule has 1 saturated heterocycles. The molecule has 2 fully saturated rings. The smallest absolute Gasteiger partial charge is 0.251 e. The average Bonchev–Trinajstić information content (AvgIpc) is 3.17. The number of nitrogens with zero attached hydrogens (tertiary/aromatic N) is 1. The molecular weight excluding hydrogens is 352 g/mol. The predicted octanol–water partition coefficient (Wildman–Crippen LogP) is 2.48. The van der Waals surface area contributed by atoms with Crippen LogP contribution in [0.2, 0.25) is 0 Å². The lowest BCUT2D eigenvalue weighted by Gasteiger charge is -2.37. The van der Waals surface area contributed by atoms with Crippen molar-refractivity contribution in [3.8, 4) is 0 Å². The van der Waals surface area contributed by atoms with Crippen molar-refractivity contribution in [1.82, 2.24) is 15.5 Å². The maximum absolute atomic E-state index is 13.1. The van der Waals surface area contributed by atoms with Gasteiger partial charge in [0.05, 0.1) is 5.41 Å². The average molecular weight is 387 g/mol. The first kappa shape index (κ1) is 20.8. The SMILES string of the molecule is CCN(CC)CCNC(=O)c1cccc(NC(=O)[C@@]23CCCC[C@H]2CNC3)c1. The standard InChI is InChI=1S/C22H34N4O2/c1-3-26(4-2)13-12-24-20(27)17-8-7-10-19(14-17)25-21(28)22-11-6-5-9-18(22)15-23-16-22/h7-8,10,14,18,23H,3-6,9,11-13,15-16H2,1-2H3,(H,24,27)(H,25,28)/t18-,22+/m0/s1. The Morgan fingerprint density at radius 3 is 2.86 bits per heavy atom. The van der Waals surface area contributed by atoms with Crippen molar-refractivity contribution in [2.75, 3.05) is 44.6 Å². The first-order valence-electron chi connectivity index (χ1n) is 10.7. The molecule has 1 aromatic rings. The predicted molar refractivity (Wildman–Crippen MR) is 112 cm³/mol. The third-order valence-corrected chi connectivity index (χ3v) is 6.48. The molecule has 0 aromatic heterocycles. The Morgan fingerprint density at radius 2 is 2.07 bits per heavy atom. The van der Waals surface area contributed by atoms with E-state index in [-0.39, 0.29) is 17.2 Å². The van der Waals surface area contributed by atoms with Gasteiger partial charge in [0.2, 0.25) is 5.91 Å². The Kier molecular flexibility index (Phi) is 7.08. The van der Waals surface area contributed by atoms with Crippen LogP contribution < -0.4 is 16.0 Å². The largest absolute Gasteiger partial charge is 0.351 e. The second-order valence-electron chi connectivity index (χ2n) is 8.05. The van der Waals surface area contributed by atoms with Crippen LogP contribution >= 0.6 is 0 Å². The van der Waals surface area contributed by atoms with Crippen LogP contribution in [0.1, 0.15) is 49.9 Å². The molecule has 6 nitrogen and oxygen atoms in total. The van der Waals surface area contributed by atoms with Crippen molar-refractivity contribution in [2.24, 2.45) is 11.3 Å². The van der Waals surface area contributed by atoms with Crippen LogP contribution in [0.25, 0.3) is 0 Å². The number of rotatable bonds is 8. The molecule has 0 radical (unpaired) electrons. The van der Waals surface area contributed by atoms with E-state index in [9.17, 15) is 9.59 Å². The molecule has 1 heterocycles. The molecule has 28 heavy (non-hydrogen) atoms. The molecule has 1 aliphatic heterocycles. The van der Waals surface area contributed by atoms with Crippen LogP contribution in [-0.4, -0.2) is 56.0 Å². The number of carbonyl (C=O) groups excluding carboxylic acids is 2. The topological polar surface area (TPSA) is 73.5 Å². The van der Waals surface area contributed by atoms with Crippen molar-refractivity contribution in [1.29, 1.82) is 0 Å². The third kappa shape index (κ3) is 4.55. The summed E-state index contributed by atoms with van der Waals surface area (Å²) in [5, 5.41) is 9.48. The molecule has 3 N–H and O–H groups in total. The minimum Gasteiger partial charge on any atom is -0.351 e. The summed E-state index contributed by atoms with van der Waals surface area (Å²) in [5.41, 5.74) is 0.992. The number of hydrogen-bond acceptors (Lipinski definition) is 4. The minimum atomic E-state index is -0.291. The van der Waals surface area contributed by atoms with Crippen LogP contribution in [0.5, 0.6) is 0 Å². The fraction of sp³-hybridized carbons (Fsp3) is 0.636. The highest BCUT2D eigenvalue weighted by molar-refractivity contribution is 5.99. The summed E-state index contributed by atoms with van der Waals surface area (Å²) in [6, 6.07) is 7.27. The van der Waals surface area contributed by atoms with E-state index in [1.807, 2.05) is 12.1 Å². The highest BCUT2D eigenvalue weighted by atomic mass is 16.2. The third-order valence-electron chi connectivity index (χ3n) is 6.48. The minimum absolute atomic E-state index is 0.0977. The maximum Gasteiger partial charge on any atom is 0.251 e. The zero-order chi connectivity index (χ0) is 20.0. The monoisotopic (exact) mass is 386 g/mol. The molecule has 0 bridgehead atoms. The van der Waals surface area contributed by atoms with Gasteiger partial charge in [-0.25, -0.2) is 0 Å². The van der Waals surface area contributed by atoms with Crippen molar-refractivity contribution >= 4 is 17.5 Å². The van der Waals surface area contributed by atoms with Crippen LogP contribution in [-0.2, 0) is 4.79 Å². The highest BCUT2D eigenvalue weighted by Crippen LogP contribution is 2.44. The summed E-state index contributed by atoms with van der Waals surface area (Å²) in [4.78, 5) is 27.8. The Bertz CT molecular complexity index is 689. The summed E-state index contributed by atoms with van der Waals surface area (Å²) in [7, 11) is 0. The molecular formula is C22H34N4O2. The van der Waals surface area contributed by atoms with Crippen LogP contribution in [0, 0.1) is 11.3 Å². The van der Waals surface area contributed by atoms with E-state index in [1.165, 1.54) is 6.42 Å². The molecule has 3 rings (SSSR count). The fourth-order valence-electron chi connectivity index (χ4n) is 4.65. The second-order valence-corrected chi connectivity index (χ2v) is 8.05. The lowest BCUT2D eigenvalue weighted by Crippen LogP contribution is -2.44. The summed E-state index contributed by atoms with van der Waals surface area (Å²) in [6.07, 6.45) is 4.39. The van der Waals surface area contributed by atoms with E-state index < -0.39 is 0 Å². The van der Waals surface area contributed by atoms with Gasteiger partial charge in [0, 0.05) is 30.9 Å². The van der Waals surface area contributed by atoms with Crippen LogP contribution in [0.15, 0.2) is 24.3 Å². The molecule has 1 saturated carbocycles. The lowest BCUT2D eigenvalue weighted by atomic mass is 9.67. The number of carbonyl (C=O) groups is 2. The van der Waals surface area contributed by atoms with E-state index in [2.05, 4.69) is 34.7 Å². The van der Waals surface area contributed by atoms with E-state index in [1.54, 1.807) is 12.1 Å². The van der Waals surface area contributed by atoms with E-state index >= 15 is 0 Å². The zero-order valence-corrected chi connectivity index (χ0v) is 17.2. The molecule has 1 aliphatic carbocycles. The van der Waals surface area contributed by atoms with Gasteiger partial charge in [-0.1, -0.05) is 32.8 Å². The highest BCUT2D eigenvalue weighted by Gasteiger charge is 2.49. The van der Waals surface area contributed by atoms with Gasteiger partial charge < -0.3 is 20.9 Å². The normalized spacial score (nSPS) is 24.0. The van der Waals surface area contributed by atoms with Crippen LogP contribution in [0.4, 0.5) is 5.69 Å². The van der Waals surface area contributed by atoms with E-state index in [0.717, 1.165) is 52.0 Å². The fourth-order valence-corrected chi connectivity index (χ4v) is 4.65. The summed E-state index contributed by atoms with van der Waals surface area (Å²) < 4.78 is 0. The number of benzene rings is 1. The summed E-state index contributed by atoms with van der Waals surface area (Å²) >= 11 is 0. The number of likely N-dealkylation sites (N-methyl/N-ethyl adjacent to an activating group) is 1. The lowest BCUT2D eigenvalue weighted by molar-refractivity contribution is -0.128. The van der Waals surface area contributed by atoms with Gasteiger partial charge >= 0.3 is 0 Å². The Labute approximate surface area is 168 Å². The van der Waals surface area contributed by atoms with Gasteiger partial charge in [-0.3, -0.25) is 9.59 Å². The quantitative estimate of drug-likeness (QED) is 0.642. The van der Waals surface area contributed by atoms with Gasteiger partial charge in [0.1, 0.15) is 0 Å². The van der Waals surface area contributed by atoms with E-state index in [4.69, 9.17) is 0 Å². The van der Waals surface area contributed by atoms with Crippen molar-refractivity contribution in [3.05, 3.63) is 29.8 Å². The zero-order valence-electron chi connectivity index (χ0n) is 17.2. The van der Waals surface area contributed by atoms with Gasteiger partial charge in [0.25, 0.3) is 5.91 Å². The van der Waals surface area contributed by atoms with Crippen molar-refractivity contribution in [2.45, 2.75) is 39.5 Å². The van der Waals surface area contributed by atoms with E-state index in [0.29, 0.717) is 23.7 Å². The second kappa shape index (κ2) is 9.52. The molecule has 2 atom stereocenters. The molecule has 154 valence electrons. The Morgan fingerprint density at radius 1 is 1.25 bits per heavy atom. The van der Waals surface area contributed by atoms with Crippen molar-refractivity contribution < 1.29 is 9.59 Å². The molecule has 0 unspecified atom stereocenters. The van der Waals surface area contributed by atoms with Gasteiger partial charge in [-0.15, -0.1) is 0 Å². The summed E-state index contributed by atoms with van der Waals surface area (Å²) in [5.74, 6) is 0.425. The number of anilines is 1. The van der Waals surface area contributed by atoms with Crippen molar-refractivity contribution in [3.63, 3.8) is 0 Å². The number of amides is 2. The molecule has 6 heteroatoms. The number of nitrogens with one attached hydrogen (secondary N) is 3. The van der Waals surface area contributed by atoms with Gasteiger partial charge in [-0.2, -0.15) is 0 Å². The first-order chi connectivity index (χ1) is 13.6. The molecule has 2 amide bonds. The van der Waals surface area contributed by atoms with Crippen LogP contribution in [0.3, 0.4) is 0 Å². The number of fused-ring (bicyclic) bond motifs is 1. The summed E-state index contributed by atoms with van der Waals surface area (Å²) in [6.45, 7) is 9.34. The Hall–Kier alpha value is -1.92. The maximum atomic E-state index is 13.1. The number of hydrogen-bond donors (Lipinski definition) is 3. The first-order valence-corrected chi connectivity index (χ1v) is 10.7. The molecule has 1 aromatic carbocycles. The van der Waals surface area contributed by atoms with Gasteiger partial charge in [-0.05, 0) is 56.6 Å². The Balaban J connectivity index is 1.60. The van der Waals surface area contributed by atoms with Gasteiger partial charge in [0.15, 0.2) is 0 Å².